The molecule has 0 saturated heterocycles. The molecule has 0 aliphatic rings. The second-order valence-electron chi connectivity index (χ2n) is 8.45. The molecule has 2 rings (SSSR count). The minimum Gasteiger partial charge on any atom is -0.508 e. The number of hydrogen-bond donors (Lipinski definition) is 3. The zero-order valence-corrected chi connectivity index (χ0v) is 20.8. The zero-order valence-electron chi connectivity index (χ0n) is 20.0. The normalized spacial score (nSPS) is 11.9. The summed E-state index contributed by atoms with van der Waals surface area (Å²) in [4.78, 5) is 41.3. The molecule has 0 fully saturated rings. The van der Waals surface area contributed by atoms with E-state index in [1.54, 1.807) is 45.9 Å². The number of phenolic OH excluding ortho intramolecular Hbond substituents is 1. The van der Waals surface area contributed by atoms with Gasteiger partial charge in [0, 0.05) is 0 Å². The molecule has 3 N–H and O–H groups in total. The predicted octanol–water partition coefficient (Wildman–Crippen LogP) is 2.96. The van der Waals surface area contributed by atoms with Crippen LogP contribution in [0.4, 0.5) is 4.79 Å². The number of ether oxygens (including phenoxy) is 3. The number of rotatable bonds is 10. The number of nitrogens with one attached hydrogen (secondary N) is 2. The van der Waals surface area contributed by atoms with E-state index < -0.39 is 29.6 Å². The molecule has 1 heterocycles. The Labute approximate surface area is 202 Å². The van der Waals surface area contributed by atoms with Gasteiger partial charge in [-0.05, 0) is 58.2 Å². The SMILES string of the molecule is COC(=O)C(CNC(=O)OC(C)(C)C)NC(=O)c1sc(OCCCc2cccc(O)c2)nc1C. The Balaban J connectivity index is 1.91. The molecule has 11 heteroatoms. The van der Waals surface area contributed by atoms with Crippen molar-refractivity contribution in [3.05, 3.63) is 40.4 Å². The Kier molecular flexibility index (Phi) is 9.67. The van der Waals surface area contributed by atoms with Crippen molar-refractivity contribution in [3.63, 3.8) is 0 Å². The first-order chi connectivity index (χ1) is 16.0. The molecule has 1 aromatic carbocycles. The number of phenols is 1. The molecular formula is C23H31N3O7S. The highest BCUT2D eigenvalue weighted by Gasteiger charge is 2.26. The van der Waals surface area contributed by atoms with E-state index >= 15 is 0 Å². The minimum atomic E-state index is -1.11. The predicted molar refractivity (Wildman–Crippen MR) is 126 cm³/mol. The molecule has 2 aromatic rings. The van der Waals surface area contributed by atoms with Crippen molar-refractivity contribution >= 4 is 29.3 Å². The van der Waals surface area contributed by atoms with Gasteiger partial charge in [-0.3, -0.25) is 4.79 Å². The summed E-state index contributed by atoms with van der Waals surface area (Å²) in [5, 5.41) is 14.9. The highest BCUT2D eigenvalue weighted by Crippen LogP contribution is 2.25. The number of amides is 2. The molecular weight excluding hydrogens is 462 g/mol. The number of benzene rings is 1. The first-order valence-corrected chi connectivity index (χ1v) is 11.5. The number of aromatic nitrogens is 1. The molecule has 2 amide bonds. The first-order valence-electron chi connectivity index (χ1n) is 10.7. The summed E-state index contributed by atoms with van der Waals surface area (Å²) in [5.41, 5.74) is 0.745. The van der Waals surface area contributed by atoms with E-state index in [-0.39, 0.29) is 17.2 Å². The van der Waals surface area contributed by atoms with Gasteiger partial charge in [0.25, 0.3) is 11.1 Å². The van der Waals surface area contributed by atoms with Crippen molar-refractivity contribution in [2.75, 3.05) is 20.3 Å². The molecule has 34 heavy (non-hydrogen) atoms. The van der Waals surface area contributed by atoms with Crippen LogP contribution in [0.1, 0.15) is 48.1 Å². The van der Waals surface area contributed by atoms with E-state index in [0.717, 1.165) is 23.3 Å². The summed E-state index contributed by atoms with van der Waals surface area (Å²) in [5.74, 6) is -1.03. The third kappa shape index (κ3) is 8.89. The van der Waals surface area contributed by atoms with Gasteiger partial charge in [0.15, 0.2) is 0 Å². The topological polar surface area (TPSA) is 136 Å². The van der Waals surface area contributed by atoms with E-state index in [9.17, 15) is 19.5 Å². The molecule has 1 atom stereocenters. The molecule has 186 valence electrons. The Bertz CT molecular complexity index is 1000. The molecule has 1 aromatic heterocycles. The van der Waals surface area contributed by atoms with E-state index in [1.165, 1.54) is 7.11 Å². The number of methoxy groups -OCH3 is 1. The van der Waals surface area contributed by atoms with Crippen molar-refractivity contribution in [1.82, 2.24) is 15.6 Å². The van der Waals surface area contributed by atoms with Crippen molar-refractivity contribution < 1.29 is 33.7 Å². The summed E-state index contributed by atoms with van der Waals surface area (Å²) < 4.78 is 15.5. The van der Waals surface area contributed by atoms with Gasteiger partial charge >= 0.3 is 12.1 Å². The van der Waals surface area contributed by atoms with Crippen LogP contribution in [0.2, 0.25) is 0 Å². The van der Waals surface area contributed by atoms with E-state index in [0.29, 0.717) is 23.9 Å². The lowest BCUT2D eigenvalue weighted by Gasteiger charge is -2.21. The number of nitrogens with zero attached hydrogens (tertiary/aromatic N) is 1. The lowest BCUT2D eigenvalue weighted by molar-refractivity contribution is -0.142. The lowest BCUT2D eigenvalue weighted by atomic mass is 10.1. The fourth-order valence-electron chi connectivity index (χ4n) is 2.85. The Morgan fingerprint density at radius 3 is 2.62 bits per heavy atom. The van der Waals surface area contributed by atoms with Crippen molar-refractivity contribution in [2.45, 2.75) is 52.2 Å². The second kappa shape index (κ2) is 12.2. The number of carbonyl (C=O) groups excluding carboxylic acids is 3. The fourth-order valence-corrected chi connectivity index (χ4v) is 3.70. The molecule has 10 nitrogen and oxygen atoms in total. The van der Waals surface area contributed by atoms with E-state index in [1.807, 2.05) is 6.07 Å². The molecule has 0 radical (unpaired) electrons. The minimum absolute atomic E-state index is 0.205. The standard InChI is InChI=1S/C23H31N3O7S/c1-14-18(34-22(25-14)32-11-7-9-15-8-6-10-16(27)12-15)19(28)26-17(20(29)31-5)13-24-21(30)33-23(2,3)4/h6,8,10,12,17,27H,7,9,11,13H2,1-5H3,(H,24,30)(H,26,28). The largest absolute Gasteiger partial charge is 0.508 e. The maximum atomic E-state index is 12.8. The first kappa shape index (κ1) is 26.9. The average Bonchev–Trinajstić information content (AvgIpc) is 3.13. The molecule has 0 aliphatic carbocycles. The van der Waals surface area contributed by atoms with Gasteiger partial charge in [0.05, 0.1) is 26.0 Å². The van der Waals surface area contributed by atoms with Gasteiger partial charge in [-0.2, -0.15) is 0 Å². The Morgan fingerprint density at radius 2 is 1.97 bits per heavy atom. The molecule has 0 spiro atoms. The van der Waals surface area contributed by atoms with Crippen LogP contribution in [0.3, 0.4) is 0 Å². The van der Waals surface area contributed by atoms with Gasteiger partial charge in [-0.1, -0.05) is 23.5 Å². The van der Waals surface area contributed by atoms with Crippen LogP contribution in [0.25, 0.3) is 0 Å². The van der Waals surface area contributed by atoms with Crippen LogP contribution >= 0.6 is 11.3 Å². The summed E-state index contributed by atoms with van der Waals surface area (Å²) in [6.07, 6.45) is 0.702. The quantitative estimate of drug-likeness (QED) is 0.339. The van der Waals surface area contributed by atoms with Crippen molar-refractivity contribution in [3.8, 4) is 10.9 Å². The fraction of sp³-hybridized carbons (Fsp3) is 0.478. The number of carbonyl (C=O) groups is 3. The Hall–Kier alpha value is -3.34. The van der Waals surface area contributed by atoms with E-state index in [4.69, 9.17) is 14.2 Å². The summed E-state index contributed by atoms with van der Waals surface area (Å²) >= 11 is 1.06. The molecule has 1 unspecified atom stereocenters. The van der Waals surface area contributed by atoms with Gasteiger partial charge in [0.2, 0.25) is 0 Å². The van der Waals surface area contributed by atoms with Crippen LogP contribution in [-0.2, 0) is 20.7 Å². The number of hydrogen-bond acceptors (Lipinski definition) is 9. The van der Waals surface area contributed by atoms with Gasteiger partial charge in [-0.25, -0.2) is 14.6 Å². The third-order valence-electron chi connectivity index (χ3n) is 4.37. The van der Waals surface area contributed by atoms with Gasteiger partial charge < -0.3 is 30.0 Å². The number of thiazole rings is 1. The number of aromatic hydroxyl groups is 1. The summed E-state index contributed by atoms with van der Waals surface area (Å²) in [6.45, 7) is 6.98. The lowest BCUT2D eigenvalue weighted by Crippen LogP contribution is -2.49. The monoisotopic (exact) mass is 493 g/mol. The highest BCUT2D eigenvalue weighted by atomic mass is 32.1. The maximum absolute atomic E-state index is 12.8. The summed E-state index contributed by atoms with van der Waals surface area (Å²) in [6, 6.07) is 5.91. The summed E-state index contributed by atoms with van der Waals surface area (Å²) in [7, 11) is 1.19. The third-order valence-corrected chi connectivity index (χ3v) is 5.44. The Morgan fingerprint density at radius 1 is 1.24 bits per heavy atom. The average molecular weight is 494 g/mol. The van der Waals surface area contributed by atoms with Crippen LogP contribution < -0.4 is 15.4 Å². The molecule has 0 bridgehead atoms. The van der Waals surface area contributed by atoms with Crippen molar-refractivity contribution in [2.24, 2.45) is 0 Å². The van der Waals surface area contributed by atoms with Crippen LogP contribution in [0.5, 0.6) is 10.9 Å². The second-order valence-corrected chi connectivity index (χ2v) is 9.41. The highest BCUT2D eigenvalue weighted by molar-refractivity contribution is 7.15. The number of esters is 1. The van der Waals surface area contributed by atoms with Crippen LogP contribution in [-0.4, -0.2) is 60.0 Å². The van der Waals surface area contributed by atoms with Crippen LogP contribution in [0.15, 0.2) is 24.3 Å². The zero-order chi connectivity index (χ0) is 25.3. The van der Waals surface area contributed by atoms with Gasteiger partial charge in [-0.15, -0.1) is 0 Å². The number of alkyl carbamates (subject to hydrolysis) is 1. The van der Waals surface area contributed by atoms with E-state index in [2.05, 4.69) is 15.6 Å². The smallest absolute Gasteiger partial charge is 0.407 e. The molecule has 0 saturated carbocycles. The van der Waals surface area contributed by atoms with Gasteiger partial charge in [0.1, 0.15) is 22.3 Å². The molecule has 0 aliphatic heterocycles. The number of aryl methyl sites for hydroxylation is 2. The van der Waals surface area contributed by atoms with Crippen LogP contribution in [0, 0.1) is 6.92 Å². The maximum Gasteiger partial charge on any atom is 0.407 e. The van der Waals surface area contributed by atoms with Crippen molar-refractivity contribution in [1.29, 1.82) is 0 Å².